The first-order chi connectivity index (χ1) is 8.77. The van der Waals surface area contributed by atoms with E-state index in [0.717, 1.165) is 6.42 Å². The molecule has 19 heavy (non-hydrogen) atoms. The van der Waals surface area contributed by atoms with Crippen molar-refractivity contribution < 1.29 is 39.5 Å². The molecule has 0 aliphatic heterocycles. The van der Waals surface area contributed by atoms with E-state index >= 15 is 0 Å². The molecule has 0 fully saturated rings. The topological polar surface area (TPSA) is 52.2 Å². The summed E-state index contributed by atoms with van der Waals surface area (Å²) in [5.41, 5.74) is 2.02. The Balaban J connectivity index is 0.00000180. The number of carbonyl (C=O) groups excluding carboxylic acids is 1. The van der Waals surface area contributed by atoms with Gasteiger partial charge < -0.3 is 15.2 Å². The molecule has 0 aliphatic rings. The zero-order valence-corrected chi connectivity index (χ0v) is 12.9. The molecule has 0 saturated heterocycles. The molecule has 1 N–H and O–H groups in total. The number of aromatic carboxylic acids is 1. The van der Waals surface area contributed by atoms with Gasteiger partial charge in [0.15, 0.2) is 0 Å². The van der Waals surface area contributed by atoms with E-state index in [1.54, 1.807) is 24.3 Å². The maximum atomic E-state index is 10.9. The number of para-hydroxylation sites is 1. The van der Waals surface area contributed by atoms with Crippen molar-refractivity contribution in [3.05, 3.63) is 65.7 Å². The fraction of sp³-hybridized carbons (Fsp3) is 0.133. The Morgan fingerprint density at radius 2 is 1.63 bits per heavy atom. The molecule has 0 aliphatic carbocycles. The molecule has 0 heterocycles. The molecule has 0 aromatic heterocycles. The van der Waals surface area contributed by atoms with Crippen molar-refractivity contribution in [2.75, 3.05) is 11.9 Å². The van der Waals surface area contributed by atoms with Crippen molar-refractivity contribution in [3.63, 3.8) is 0 Å². The van der Waals surface area contributed by atoms with Crippen LogP contribution in [0.5, 0.6) is 0 Å². The number of carboxylic acid groups (broad SMARTS) is 1. The summed E-state index contributed by atoms with van der Waals surface area (Å²) in [5.74, 6) is -1.15. The number of nitrogens with one attached hydrogen (secondary N) is 1. The number of hydrogen-bond acceptors (Lipinski definition) is 3. The van der Waals surface area contributed by atoms with E-state index in [-0.39, 0.29) is 35.1 Å². The SMILES string of the molecule is O=C([O-])c1ccccc1NCCc1ccccc1.[Na+]. The van der Waals surface area contributed by atoms with Gasteiger partial charge in [-0.25, -0.2) is 0 Å². The van der Waals surface area contributed by atoms with Gasteiger partial charge in [-0.05, 0) is 18.1 Å². The van der Waals surface area contributed by atoms with E-state index in [2.05, 4.69) is 5.32 Å². The minimum absolute atomic E-state index is 0. The Hall–Kier alpha value is -1.29. The maximum Gasteiger partial charge on any atom is 1.00 e. The van der Waals surface area contributed by atoms with E-state index in [0.29, 0.717) is 12.2 Å². The summed E-state index contributed by atoms with van der Waals surface area (Å²) in [6.45, 7) is 0.689. The molecule has 0 atom stereocenters. The maximum absolute atomic E-state index is 10.9. The predicted molar refractivity (Wildman–Crippen MR) is 69.4 cm³/mol. The smallest absolute Gasteiger partial charge is 0.545 e. The van der Waals surface area contributed by atoms with E-state index in [1.165, 1.54) is 5.56 Å². The van der Waals surface area contributed by atoms with Crippen molar-refractivity contribution in [1.82, 2.24) is 0 Å². The van der Waals surface area contributed by atoms with E-state index in [9.17, 15) is 9.90 Å². The van der Waals surface area contributed by atoms with Gasteiger partial charge in [-0.3, -0.25) is 0 Å². The van der Waals surface area contributed by atoms with Crippen molar-refractivity contribution in [2.45, 2.75) is 6.42 Å². The first-order valence-corrected chi connectivity index (χ1v) is 5.85. The molecule has 0 saturated carbocycles. The fourth-order valence-corrected chi connectivity index (χ4v) is 1.80. The molecule has 92 valence electrons. The van der Waals surface area contributed by atoms with Crippen molar-refractivity contribution in [1.29, 1.82) is 0 Å². The second-order valence-electron chi connectivity index (χ2n) is 4.00. The van der Waals surface area contributed by atoms with Crippen LogP contribution in [0.4, 0.5) is 5.69 Å². The van der Waals surface area contributed by atoms with Gasteiger partial charge in [-0.15, -0.1) is 0 Å². The van der Waals surface area contributed by atoms with Crippen LogP contribution in [0.1, 0.15) is 15.9 Å². The third-order valence-corrected chi connectivity index (χ3v) is 2.72. The first kappa shape index (κ1) is 15.8. The quantitative estimate of drug-likeness (QED) is 0.683. The summed E-state index contributed by atoms with van der Waals surface area (Å²) >= 11 is 0. The summed E-state index contributed by atoms with van der Waals surface area (Å²) in [4.78, 5) is 10.9. The minimum atomic E-state index is -1.15. The fourth-order valence-electron chi connectivity index (χ4n) is 1.80. The third-order valence-electron chi connectivity index (χ3n) is 2.72. The molecule has 2 aromatic carbocycles. The summed E-state index contributed by atoms with van der Waals surface area (Å²) < 4.78 is 0. The van der Waals surface area contributed by atoms with E-state index in [1.807, 2.05) is 30.3 Å². The normalized spacial score (nSPS) is 9.47. The first-order valence-electron chi connectivity index (χ1n) is 5.85. The third kappa shape index (κ3) is 4.71. The van der Waals surface area contributed by atoms with Crippen LogP contribution in [0.15, 0.2) is 54.6 Å². The van der Waals surface area contributed by atoms with Crippen LogP contribution in [0.3, 0.4) is 0 Å². The molecule has 2 rings (SSSR count). The van der Waals surface area contributed by atoms with Gasteiger partial charge in [0.1, 0.15) is 0 Å². The van der Waals surface area contributed by atoms with Gasteiger partial charge in [0.25, 0.3) is 0 Å². The average Bonchev–Trinajstić information content (AvgIpc) is 2.40. The molecule has 0 unspecified atom stereocenters. The van der Waals surface area contributed by atoms with Crippen molar-refractivity contribution >= 4 is 11.7 Å². The second kappa shape index (κ2) is 8.00. The molecule has 2 aromatic rings. The van der Waals surface area contributed by atoms with Crippen LogP contribution in [0.2, 0.25) is 0 Å². The van der Waals surface area contributed by atoms with Gasteiger partial charge in [0.2, 0.25) is 0 Å². The predicted octanol–water partition coefficient (Wildman–Crippen LogP) is -1.29. The largest absolute Gasteiger partial charge is 1.00 e. The van der Waals surface area contributed by atoms with Gasteiger partial charge >= 0.3 is 29.6 Å². The molecule has 0 amide bonds. The second-order valence-corrected chi connectivity index (χ2v) is 4.00. The van der Waals surface area contributed by atoms with Crippen LogP contribution in [-0.2, 0) is 6.42 Å². The molecule has 3 nitrogen and oxygen atoms in total. The zero-order valence-electron chi connectivity index (χ0n) is 10.9. The molecule has 0 spiro atoms. The monoisotopic (exact) mass is 263 g/mol. The van der Waals surface area contributed by atoms with Crippen LogP contribution in [0, 0.1) is 0 Å². The van der Waals surface area contributed by atoms with Crippen LogP contribution in [0.25, 0.3) is 0 Å². The van der Waals surface area contributed by atoms with Gasteiger partial charge in [-0.2, -0.15) is 0 Å². The van der Waals surface area contributed by atoms with Crippen LogP contribution < -0.4 is 40.0 Å². The Labute approximate surface area is 135 Å². The van der Waals surface area contributed by atoms with E-state index in [4.69, 9.17) is 0 Å². The standard InChI is InChI=1S/C15H15NO2.Na/c17-15(18)13-8-4-5-9-14(13)16-11-10-12-6-2-1-3-7-12;/h1-9,16H,10-11H2,(H,17,18);/q;+1/p-1. The minimum Gasteiger partial charge on any atom is -0.545 e. The average molecular weight is 263 g/mol. The summed E-state index contributed by atoms with van der Waals surface area (Å²) in [6.07, 6.45) is 0.849. The number of hydrogen-bond donors (Lipinski definition) is 1. The number of benzene rings is 2. The van der Waals surface area contributed by atoms with Gasteiger partial charge in [0.05, 0.1) is 5.97 Å². The number of rotatable bonds is 5. The summed E-state index contributed by atoms with van der Waals surface area (Å²) in [7, 11) is 0. The number of anilines is 1. The Morgan fingerprint density at radius 3 is 2.32 bits per heavy atom. The van der Waals surface area contributed by atoms with Crippen LogP contribution >= 0.6 is 0 Å². The van der Waals surface area contributed by atoms with Crippen LogP contribution in [-0.4, -0.2) is 12.5 Å². The Kier molecular flexibility index (Phi) is 6.64. The van der Waals surface area contributed by atoms with Crippen molar-refractivity contribution in [2.24, 2.45) is 0 Å². The zero-order chi connectivity index (χ0) is 12.8. The van der Waals surface area contributed by atoms with Gasteiger partial charge in [-0.1, -0.05) is 48.5 Å². The molecular formula is C15H14NNaO2. The summed E-state index contributed by atoms with van der Waals surface area (Å²) in [6, 6.07) is 16.8. The molecular weight excluding hydrogens is 249 g/mol. The van der Waals surface area contributed by atoms with Gasteiger partial charge in [0, 0.05) is 17.8 Å². The number of carboxylic acids is 1. The number of carbonyl (C=O) groups is 1. The Bertz CT molecular complexity index is 529. The Morgan fingerprint density at radius 1 is 1.00 bits per heavy atom. The van der Waals surface area contributed by atoms with E-state index < -0.39 is 5.97 Å². The molecule has 0 radical (unpaired) electrons. The molecule has 0 bridgehead atoms. The van der Waals surface area contributed by atoms with Crippen molar-refractivity contribution in [3.8, 4) is 0 Å². The molecule has 4 heteroatoms. The summed E-state index contributed by atoms with van der Waals surface area (Å²) in [5, 5.41) is 14.0.